The zero-order chi connectivity index (χ0) is 15.2. The van der Waals surface area contributed by atoms with Gasteiger partial charge in [0.1, 0.15) is 0 Å². The zero-order valence-electron chi connectivity index (χ0n) is 13.1. The Morgan fingerprint density at radius 2 is 2.00 bits per heavy atom. The standard InChI is InChI=1S/C16H26N2O2/c1-6-13(2)18(4)12-16(17-3,15(19)20-5)14-10-8-7-9-11-14/h7-11,13,17H,6,12H2,1-5H3. The van der Waals surface area contributed by atoms with Gasteiger partial charge in [0.25, 0.3) is 0 Å². The van der Waals surface area contributed by atoms with Crippen molar-refractivity contribution in [3.8, 4) is 0 Å². The van der Waals surface area contributed by atoms with E-state index in [1.165, 1.54) is 7.11 Å². The lowest BCUT2D eigenvalue weighted by Crippen LogP contribution is -2.56. The number of likely N-dealkylation sites (N-methyl/N-ethyl adjacent to an activating group) is 2. The average Bonchev–Trinajstić information content (AvgIpc) is 2.51. The minimum Gasteiger partial charge on any atom is -0.467 e. The van der Waals surface area contributed by atoms with Crippen molar-refractivity contribution in [2.45, 2.75) is 31.8 Å². The van der Waals surface area contributed by atoms with E-state index in [1.807, 2.05) is 37.4 Å². The Balaban J connectivity index is 3.16. The Morgan fingerprint density at radius 3 is 2.45 bits per heavy atom. The fourth-order valence-electron chi connectivity index (χ4n) is 2.34. The van der Waals surface area contributed by atoms with Gasteiger partial charge in [0, 0.05) is 12.6 Å². The quantitative estimate of drug-likeness (QED) is 0.775. The third-order valence-corrected chi connectivity index (χ3v) is 4.06. The van der Waals surface area contributed by atoms with E-state index in [0.29, 0.717) is 12.6 Å². The lowest BCUT2D eigenvalue weighted by atomic mass is 9.89. The van der Waals surface area contributed by atoms with Gasteiger partial charge in [-0.15, -0.1) is 0 Å². The van der Waals surface area contributed by atoms with Gasteiger partial charge >= 0.3 is 5.97 Å². The highest BCUT2D eigenvalue weighted by Crippen LogP contribution is 2.24. The van der Waals surface area contributed by atoms with Crippen LogP contribution in [0.3, 0.4) is 0 Å². The van der Waals surface area contributed by atoms with Crippen molar-refractivity contribution in [3.05, 3.63) is 35.9 Å². The van der Waals surface area contributed by atoms with Crippen molar-refractivity contribution < 1.29 is 9.53 Å². The Kier molecular flexibility index (Phi) is 6.17. The molecule has 0 aliphatic rings. The van der Waals surface area contributed by atoms with Gasteiger partial charge < -0.3 is 15.0 Å². The van der Waals surface area contributed by atoms with Crippen LogP contribution in [0.2, 0.25) is 0 Å². The molecule has 0 saturated carbocycles. The molecule has 4 heteroatoms. The molecule has 0 amide bonds. The highest BCUT2D eigenvalue weighted by atomic mass is 16.5. The minimum absolute atomic E-state index is 0.263. The maximum Gasteiger partial charge on any atom is 0.332 e. The molecule has 0 aliphatic carbocycles. The summed E-state index contributed by atoms with van der Waals surface area (Å²) in [4.78, 5) is 14.6. The van der Waals surface area contributed by atoms with E-state index in [1.54, 1.807) is 7.05 Å². The van der Waals surface area contributed by atoms with Crippen molar-refractivity contribution in [3.63, 3.8) is 0 Å². The molecule has 0 radical (unpaired) electrons. The number of nitrogens with one attached hydrogen (secondary N) is 1. The first-order chi connectivity index (χ1) is 9.51. The summed E-state index contributed by atoms with van der Waals surface area (Å²) in [6.45, 7) is 4.86. The second-order valence-electron chi connectivity index (χ2n) is 5.19. The smallest absolute Gasteiger partial charge is 0.332 e. The Hall–Kier alpha value is -1.39. The van der Waals surface area contributed by atoms with Crippen molar-refractivity contribution in [1.29, 1.82) is 0 Å². The first-order valence-corrected chi connectivity index (χ1v) is 7.05. The summed E-state index contributed by atoms with van der Waals surface area (Å²) >= 11 is 0. The first kappa shape index (κ1) is 16.7. The molecular formula is C16H26N2O2. The Labute approximate surface area is 122 Å². The van der Waals surface area contributed by atoms with Crippen LogP contribution < -0.4 is 5.32 Å². The number of esters is 1. The predicted molar refractivity (Wildman–Crippen MR) is 81.6 cm³/mol. The summed E-state index contributed by atoms with van der Waals surface area (Å²) in [6.07, 6.45) is 1.03. The predicted octanol–water partition coefficient (Wildman–Crippen LogP) is 2.00. The number of carbonyl (C=O) groups is 1. The van der Waals surface area contributed by atoms with Crippen molar-refractivity contribution in [2.24, 2.45) is 0 Å². The largest absolute Gasteiger partial charge is 0.467 e. The number of rotatable bonds is 7. The molecule has 0 heterocycles. The molecule has 0 spiro atoms. The summed E-state index contributed by atoms with van der Waals surface area (Å²) in [6, 6.07) is 10.1. The number of hydrogen-bond acceptors (Lipinski definition) is 4. The second-order valence-corrected chi connectivity index (χ2v) is 5.19. The van der Waals surface area contributed by atoms with E-state index >= 15 is 0 Å². The van der Waals surface area contributed by atoms with Crippen LogP contribution >= 0.6 is 0 Å². The third-order valence-electron chi connectivity index (χ3n) is 4.06. The van der Waals surface area contributed by atoms with Gasteiger partial charge in [0.15, 0.2) is 5.54 Å². The molecule has 20 heavy (non-hydrogen) atoms. The second kappa shape index (κ2) is 7.41. The van der Waals surface area contributed by atoms with Gasteiger partial charge in [-0.25, -0.2) is 4.79 Å². The average molecular weight is 278 g/mol. The minimum atomic E-state index is -0.839. The molecule has 112 valence electrons. The van der Waals surface area contributed by atoms with Crippen LogP contribution in [-0.4, -0.2) is 44.7 Å². The van der Waals surface area contributed by atoms with Gasteiger partial charge in [0.05, 0.1) is 7.11 Å². The Morgan fingerprint density at radius 1 is 1.40 bits per heavy atom. The van der Waals surface area contributed by atoms with Crippen LogP contribution in [0.15, 0.2) is 30.3 Å². The normalized spacial score (nSPS) is 15.7. The molecule has 1 N–H and O–H groups in total. The topological polar surface area (TPSA) is 41.6 Å². The van der Waals surface area contributed by atoms with E-state index in [2.05, 4.69) is 24.1 Å². The molecule has 2 unspecified atom stereocenters. The molecule has 0 bridgehead atoms. The summed E-state index contributed by atoms with van der Waals surface area (Å²) in [5.74, 6) is -0.263. The van der Waals surface area contributed by atoms with Crippen LogP contribution in [0.4, 0.5) is 0 Å². The van der Waals surface area contributed by atoms with Crippen LogP contribution in [0, 0.1) is 0 Å². The zero-order valence-corrected chi connectivity index (χ0v) is 13.1. The summed E-state index contributed by atoms with van der Waals surface area (Å²) < 4.78 is 5.05. The first-order valence-electron chi connectivity index (χ1n) is 7.05. The lowest BCUT2D eigenvalue weighted by molar-refractivity contribution is -0.150. The summed E-state index contributed by atoms with van der Waals surface area (Å²) in [7, 11) is 5.27. The number of carbonyl (C=O) groups excluding carboxylic acids is 1. The molecule has 2 atom stereocenters. The van der Waals surface area contributed by atoms with Crippen molar-refractivity contribution in [1.82, 2.24) is 10.2 Å². The van der Waals surface area contributed by atoms with Gasteiger partial charge in [-0.2, -0.15) is 0 Å². The van der Waals surface area contributed by atoms with E-state index < -0.39 is 5.54 Å². The fraction of sp³-hybridized carbons (Fsp3) is 0.562. The molecule has 1 rings (SSSR count). The van der Waals surface area contributed by atoms with Crippen molar-refractivity contribution >= 4 is 5.97 Å². The van der Waals surface area contributed by atoms with E-state index in [0.717, 1.165) is 12.0 Å². The maximum absolute atomic E-state index is 12.4. The number of nitrogens with zero attached hydrogens (tertiary/aromatic N) is 1. The van der Waals surface area contributed by atoms with Gasteiger partial charge in [-0.05, 0) is 33.0 Å². The van der Waals surface area contributed by atoms with Gasteiger partial charge in [-0.3, -0.25) is 0 Å². The molecule has 4 nitrogen and oxygen atoms in total. The summed E-state index contributed by atoms with van der Waals surface area (Å²) in [5, 5.41) is 3.18. The SMILES string of the molecule is CCC(C)N(C)CC(NC)(C(=O)OC)c1ccccc1. The molecule has 1 aromatic carbocycles. The number of methoxy groups -OCH3 is 1. The number of benzene rings is 1. The number of hydrogen-bond donors (Lipinski definition) is 1. The molecular weight excluding hydrogens is 252 g/mol. The molecule has 0 saturated heterocycles. The highest BCUT2D eigenvalue weighted by molar-refractivity contribution is 5.83. The molecule has 1 aromatic rings. The highest BCUT2D eigenvalue weighted by Gasteiger charge is 2.41. The van der Waals surface area contributed by atoms with E-state index in [9.17, 15) is 4.79 Å². The molecule has 0 aromatic heterocycles. The molecule has 0 aliphatic heterocycles. The summed E-state index contributed by atoms with van der Waals surface area (Å²) in [5.41, 5.74) is 0.0817. The fourth-order valence-corrected chi connectivity index (χ4v) is 2.34. The van der Waals surface area contributed by atoms with Gasteiger partial charge in [-0.1, -0.05) is 37.3 Å². The molecule has 0 fully saturated rings. The van der Waals surface area contributed by atoms with E-state index in [-0.39, 0.29) is 5.97 Å². The number of ether oxygens (including phenoxy) is 1. The monoisotopic (exact) mass is 278 g/mol. The maximum atomic E-state index is 12.4. The lowest BCUT2D eigenvalue weighted by Gasteiger charge is -2.37. The van der Waals surface area contributed by atoms with Crippen molar-refractivity contribution in [2.75, 3.05) is 27.7 Å². The van der Waals surface area contributed by atoms with Crippen LogP contribution in [-0.2, 0) is 15.1 Å². The van der Waals surface area contributed by atoms with Crippen LogP contribution in [0.25, 0.3) is 0 Å². The Bertz CT molecular complexity index is 422. The van der Waals surface area contributed by atoms with Crippen LogP contribution in [0.5, 0.6) is 0 Å². The third kappa shape index (κ3) is 3.38. The van der Waals surface area contributed by atoms with E-state index in [4.69, 9.17) is 4.74 Å². The van der Waals surface area contributed by atoms with Gasteiger partial charge in [0.2, 0.25) is 0 Å². The van der Waals surface area contributed by atoms with Crippen LogP contribution in [0.1, 0.15) is 25.8 Å².